The predicted molar refractivity (Wildman–Crippen MR) is 70.9 cm³/mol. The van der Waals surface area contributed by atoms with Crippen molar-refractivity contribution in [1.82, 2.24) is 10.1 Å². The maximum absolute atomic E-state index is 5.89. The molecule has 0 bridgehead atoms. The van der Waals surface area contributed by atoms with E-state index in [1.54, 1.807) is 0 Å². The van der Waals surface area contributed by atoms with Crippen LogP contribution in [0.1, 0.15) is 24.7 Å². The fraction of sp³-hybridized carbons (Fsp3) is 0.429. The van der Waals surface area contributed by atoms with Gasteiger partial charge < -0.3 is 15.0 Å². The van der Waals surface area contributed by atoms with Gasteiger partial charge in [-0.15, -0.1) is 0 Å². The zero-order valence-electron chi connectivity index (χ0n) is 10.9. The molecule has 1 aromatic heterocycles. The average Bonchev–Trinajstić information content (AvgIpc) is 3.05. The van der Waals surface area contributed by atoms with E-state index in [1.165, 1.54) is 5.56 Å². The zero-order chi connectivity index (χ0) is 13.2. The Morgan fingerprint density at radius 2 is 2.32 bits per heavy atom. The van der Waals surface area contributed by atoms with E-state index in [0.29, 0.717) is 18.1 Å². The second-order valence-corrected chi connectivity index (χ2v) is 4.81. The number of benzene rings is 1. The molecule has 2 N–H and O–H groups in total. The minimum atomic E-state index is 0.0823. The van der Waals surface area contributed by atoms with Gasteiger partial charge in [-0.2, -0.15) is 4.98 Å². The van der Waals surface area contributed by atoms with Crippen LogP contribution in [0.3, 0.4) is 0 Å². The summed E-state index contributed by atoms with van der Waals surface area (Å²) in [7, 11) is 0. The molecule has 0 spiro atoms. The van der Waals surface area contributed by atoms with E-state index in [9.17, 15) is 0 Å². The van der Waals surface area contributed by atoms with E-state index in [4.69, 9.17) is 15.0 Å². The van der Waals surface area contributed by atoms with Crippen molar-refractivity contribution in [3.8, 4) is 17.2 Å². The minimum Gasteiger partial charge on any atom is -0.493 e. The molecule has 5 nitrogen and oxygen atoms in total. The molecule has 0 fully saturated rings. The molecule has 5 heteroatoms. The SMILES string of the molecule is CCC(N)Cc1noc(-c2ccc3c(c2)CCO3)n1. The quantitative estimate of drug-likeness (QED) is 0.908. The van der Waals surface area contributed by atoms with E-state index in [2.05, 4.69) is 16.2 Å². The summed E-state index contributed by atoms with van der Waals surface area (Å²) in [5.74, 6) is 2.17. The van der Waals surface area contributed by atoms with Crippen molar-refractivity contribution >= 4 is 0 Å². The summed E-state index contributed by atoms with van der Waals surface area (Å²) in [4.78, 5) is 4.40. The summed E-state index contributed by atoms with van der Waals surface area (Å²) in [6, 6.07) is 6.04. The number of hydrogen-bond donors (Lipinski definition) is 1. The lowest BCUT2D eigenvalue weighted by molar-refractivity contribution is 0.357. The maximum Gasteiger partial charge on any atom is 0.257 e. The van der Waals surface area contributed by atoms with Crippen LogP contribution in [0.15, 0.2) is 22.7 Å². The molecule has 1 unspecified atom stereocenters. The number of ether oxygens (including phenoxy) is 1. The fourth-order valence-electron chi connectivity index (χ4n) is 2.15. The monoisotopic (exact) mass is 259 g/mol. The second-order valence-electron chi connectivity index (χ2n) is 4.81. The highest BCUT2D eigenvalue weighted by atomic mass is 16.5. The van der Waals surface area contributed by atoms with Crippen LogP contribution in [-0.2, 0) is 12.8 Å². The van der Waals surface area contributed by atoms with Crippen molar-refractivity contribution in [2.24, 2.45) is 5.73 Å². The first-order valence-electron chi connectivity index (χ1n) is 6.60. The molecule has 19 heavy (non-hydrogen) atoms. The Bertz CT molecular complexity index is 580. The first-order valence-corrected chi connectivity index (χ1v) is 6.60. The zero-order valence-corrected chi connectivity index (χ0v) is 10.9. The molecule has 0 aliphatic carbocycles. The lowest BCUT2D eigenvalue weighted by Gasteiger charge is -2.02. The smallest absolute Gasteiger partial charge is 0.257 e. The van der Waals surface area contributed by atoms with E-state index in [1.807, 2.05) is 19.1 Å². The first-order chi connectivity index (χ1) is 9.26. The third-order valence-electron chi connectivity index (χ3n) is 3.37. The molecule has 1 aliphatic heterocycles. The molecule has 1 aliphatic rings. The molecule has 0 saturated carbocycles. The maximum atomic E-state index is 5.89. The largest absolute Gasteiger partial charge is 0.493 e. The summed E-state index contributed by atoms with van der Waals surface area (Å²) in [5, 5.41) is 3.98. The van der Waals surface area contributed by atoms with Gasteiger partial charge in [0.2, 0.25) is 0 Å². The van der Waals surface area contributed by atoms with Crippen LogP contribution in [0.5, 0.6) is 5.75 Å². The lowest BCUT2D eigenvalue weighted by atomic mass is 10.1. The van der Waals surface area contributed by atoms with Gasteiger partial charge in [-0.1, -0.05) is 12.1 Å². The summed E-state index contributed by atoms with van der Waals surface area (Å²) in [6.45, 7) is 2.80. The van der Waals surface area contributed by atoms with Crippen molar-refractivity contribution in [2.45, 2.75) is 32.2 Å². The van der Waals surface area contributed by atoms with Gasteiger partial charge in [-0.25, -0.2) is 0 Å². The van der Waals surface area contributed by atoms with Crippen LogP contribution in [0, 0.1) is 0 Å². The van der Waals surface area contributed by atoms with Gasteiger partial charge in [-0.3, -0.25) is 0 Å². The average molecular weight is 259 g/mol. The molecular formula is C14H17N3O2. The van der Waals surface area contributed by atoms with Crippen molar-refractivity contribution in [2.75, 3.05) is 6.61 Å². The van der Waals surface area contributed by atoms with Gasteiger partial charge >= 0.3 is 0 Å². The Kier molecular flexibility index (Phi) is 3.21. The molecular weight excluding hydrogens is 242 g/mol. The predicted octanol–water partition coefficient (Wildman–Crippen LogP) is 1.95. The minimum absolute atomic E-state index is 0.0823. The molecule has 3 rings (SSSR count). The Labute approximate surface area is 111 Å². The Balaban J connectivity index is 1.82. The van der Waals surface area contributed by atoms with Crippen LogP contribution in [0.25, 0.3) is 11.5 Å². The molecule has 1 atom stereocenters. The molecule has 0 radical (unpaired) electrons. The Morgan fingerprint density at radius 1 is 1.42 bits per heavy atom. The molecule has 100 valence electrons. The van der Waals surface area contributed by atoms with Gasteiger partial charge in [0.25, 0.3) is 5.89 Å². The number of nitrogens with zero attached hydrogens (tertiary/aromatic N) is 2. The van der Waals surface area contributed by atoms with Gasteiger partial charge in [-0.05, 0) is 30.2 Å². The first kappa shape index (κ1) is 12.2. The number of fused-ring (bicyclic) bond motifs is 1. The number of rotatable bonds is 4. The third kappa shape index (κ3) is 2.46. The number of nitrogens with two attached hydrogens (primary N) is 1. The molecule has 2 heterocycles. The van der Waals surface area contributed by atoms with Crippen LogP contribution >= 0.6 is 0 Å². The van der Waals surface area contributed by atoms with E-state index < -0.39 is 0 Å². The van der Waals surface area contributed by atoms with Crippen LogP contribution in [0.2, 0.25) is 0 Å². The van der Waals surface area contributed by atoms with Crippen LogP contribution in [-0.4, -0.2) is 22.8 Å². The van der Waals surface area contributed by atoms with E-state index in [0.717, 1.165) is 30.8 Å². The van der Waals surface area contributed by atoms with Crippen molar-refractivity contribution in [1.29, 1.82) is 0 Å². The lowest BCUT2D eigenvalue weighted by Crippen LogP contribution is -2.21. The Morgan fingerprint density at radius 3 is 3.16 bits per heavy atom. The summed E-state index contributed by atoms with van der Waals surface area (Å²) in [5.41, 5.74) is 8.02. The van der Waals surface area contributed by atoms with Crippen molar-refractivity contribution in [3.63, 3.8) is 0 Å². The highest BCUT2D eigenvalue weighted by Crippen LogP contribution is 2.29. The topological polar surface area (TPSA) is 74.2 Å². The van der Waals surface area contributed by atoms with Gasteiger partial charge in [0.15, 0.2) is 5.82 Å². The summed E-state index contributed by atoms with van der Waals surface area (Å²) >= 11 is 0. The van der Waals surface area contributed by atoms with E-state index >= 15 is 0 Å². The molecule has 1 aromatic carbocycles. The summed E-state index contributed by atoms with van der Waals surface area (Å²) < 4.78 is 10.8. The fourth-order valence-corrected chi connectivity index (χ4v) is 2.15. The summed E-state index contributed by atoms with van der Waals surface area (Å²) in [6.07, 6.45) is 2.49. The highest BCUT2D eigenvalue weighted by Gasteiger charge is 2.16. The van der Waals surface area contributed by atoms with Gasteiger partial charge in [0, 0.05) is 24.4 Å². The normalized spacial score (nSPS) is 15.1. The number of aromatic nitrogens is 2. The van der Waals surface area contributed by atoms with Gasteiger partial charge in [0.05, 0.1) is 6.61 Å². The molecule has 0 saturated heterocycles. The third-order valence-corrected chi connectivity index (χ3v) is 3.37. The van der Waals surface area contributed by atoms with Crippen molar-refractivity contribution < 1.29 is 9.26 Å². The van der Waals surface area contributed by atoms with Crippen LogP contribution < -0.4 is 10.5 Å². The number of hydrogen-bond acceptors (Lipinski definition) is 5. The standard InChI is InChI=1S/C14H17N3O2/c1-2-11(15)8-13-16-14(19-17-13)10-3-4-12-9(7-10)5-6-18-12/h3-4,7,11H,2,5-6,8,15H2,1H3. The van der Waals surface area contributed by atoms with Gasteiger partial charge in [0.1, 0.15) is 5.75 Å². The van der Waals surface area contributed by atoms with E-state index in [-0.39, 0.29) is 6.04 Å². The molecule has 0 amide bonds. The van der Waals surface area contributed by atoms with Crippen LogP contribution in [0.4, 0.5) is 0 Å². The molecule has 2 aromatic rings. The van der Waals surface area contributed by atoms with Crippen molar-refractivity contribution in [3.05, 3.63) is 29.6 Å². The Hall–Kier alpha value is -1.88. The highest BCUT2D eigenvalue weighted by molar-refractivity contribution is 5.58. The second kappa shape index (κ2) is 5.01.